The molecular weight excluding hydrogens is 405 g/mol. The molecule has 0 saturated carbocycles. The Balaban J connectivity index is 1.86. The monoisotopic (exact) mass is 423 g/mol. The molecule has 3 rings (SSSR count). The Hall–Kier alpha value is -2.59. The van der Waals surface area contributed by atoms with Crippen molar-refractivity contribution in [2.75, 3.05) is 17.2 Å². The van der Waals surface area contributed by atoms with Gasteiger partial charge >= 0.3 is 5.97 Å². The second kappa shape index (κ2) is 8.61. The highest BCUT2D eigenvalue weighted by Gasteiger charge is 2.27. The van der Waals surface area contributed by atoms with Crippen LogP contribution in [0, 0.1) is 15.9 Å². The van der Waals surface area contributed by atoms with Crippen molar-refractivity contribution in [1.29, 1.82) is 0 Å². The van der Waals surface area contributed by atoms with Crippen LogP contribution in [-0.2, 0) is 17.6 Å². The number of ether oxygens (including phenoxy) is 1. The maximum atomic E-state index is 13.3. The Labute approximate surface area is 170 Å². The first kappa shape index (κ1) is 20.2. The van der Waals surface area contributed by atoms with Crippen molar-refractivity contribution in [1.82, 2.24) is 0 Å². The van der Waals surface area contributed by atoms with E-state index in [-0.39, 0.29) is 17.4 Å². The third kappa shape index (κ3) is 4.28. The molecule has 1 aliphatic rings. The van der Waals surface area contributed by atoms with E-state index in [1.54, 1.807) is 6.92 Å². The van der Waals surface area contributed by atoms with Gasteiger partial charge in [-0.05, 0) is 62.5 Å². The van der Waals surface area contributed by atoms with Gasteiger partial charge < -0.3 is 15.4 Å². The number of fused-ring (bicyclic) bond motifs is 1. The fourth-order valence-electron chi connectivity index (χ4n) is 3.09. The Bertz CT molecular complexity index is 945. The maximum absolute atomic E-state index is 13.3. The van der Waals surface area contributed by atoms with Gasteiger partial charge in [-0.3, -0.25) is 10.1 Å². The van der Waals surface area contributed by atoms with Crippen LogP contribution >= 0.6 is 23.6 Å². The number of thiophene rings is 1. The van der Waals surface area contributed by atoms with Crippen LogP contribution in [0.4, 0.5) is 20.8 Å². The lowest BCUT2D eigenvalue weighted by Gasteiger charge is -2.13. The van der Waals surface area contributed by atoms with E-state index in [4.69, 9.17) is 17.0 Å². The lowest BCUT2D eigenvalue weighted by atomic mass is 9.95. The molecule has 0 atom stereocenters. The van der Waals surface area contributed by atoms with Crippen LogP contribution in [0.15, 0.2) is 18.2 Å². The molecule has 2 aromatic rings. The van der Waals surface area contributed by atoms with Gasteiger partial charge in [0.2, 0.25) is 0 Å². The number of anilines is 2. The summed E-state index contributed by atoms with van der Waals surface area (Å²) >= 11 is 6.70. The van der Waals surface area contributed by atoms with Gasteiger partial charge in [-0.2, -0.15) is 0 Å². The molecule has 148 valence electrons. The van der Waals surface area contributed by atoms with E-state index in [0.29, 0.717) is 10.6 Å². The van der Waals surface area contributed by atoms with Crippen LogP contribution in [0.2, 0.25) is 0 Å². The van der Waals surface area contributed by atoms with Crippen molar-refractivity contribution in [3.8, 4) is 0 Å². The summed E-state index contributed by atoms with van der Waals surface area (Å²) < 4.78 is 18.5. The fraction of sp³-hybridized carbons (Fsp3) is 0.333. The fourth-order valence-corrected chi connectivity index (χ4v) is 4.65. The summed E-state index contributed by atoms with van der Waals surface area (Å²) in [5.74, 6) is -1.13. The van der Waals surface area contributed by atoms with Crippen LogP contribution in [0.1, 0.15) is 40.6 Å². The number of nitro benzene ring substituents is 1. The van der Waals surface area contributed by atoms with Gasteiger partial charge in [-0.15, -0.1) is 11.3 Å². The number of aryl methyl sites for hydroxylation is 1. The van der Waals surface area contributed by atoms with Crippen molar-refractivity contribution >= 4 is 51.0 Å². The van der Waals surface area contributed by atoms with Gasteiger partial charge in [0.1, 0.15) is 16.5 Å². The van der Waals surface area contributed by atoms with E-state index >= 15 is 0 Å². The molecule has 1 aromatic heterocycles. The Morgan fingerprint density at radius 3 is 2.82 bits per heavy atom. The lowest BCUT2D eigenvalue weighted by Crippen LogP contribution is -2.21. The van der Waals surface area contributed by atoms with Crippen LogP contribution in [0.3, 0.4) is 0 Å². The highest BCUT2D eigenvalue weighted by Crippen LogP contribution is 2.38. The summed E-state index contributed by atoms with van der Waals surface area (Å²) in [5, 5.41) is 17.4. The molecule has 0 saturated heterocycles. The number of hydrogen-bond acceptors (Lipinski definition) is 6. The van der Waals surface area contributed by atoms with E-state index < -0.39 is 22.4 Å². The van der Waals surface area contributed by atoms with Gasteiger partial charge in [0.15, 0.2) is 5.11 Å². The summed E-state index contributed by atoms with van der Waals surface area (Å²) in [6, 6.07) is 3.16. The predicted molar refractivity (Wildman–Crippen MR) is 110 cm³/mol. The SMILES string of the molecule is CCOC(=O)c1c(NC(=S)Nc2ccc(F)cc2[N+](=O)[O-])sc2c1CCCC2. The number of rotatable bonds is 5. The molecular formula is C18H18FN3O4S2. The molecule has 28 heavy (non-hydrogen) atoms. The molecule has 7 nitrogen and oxygen atoms in total. The van der Waals surface area contributed by atoms with Crippen molar-refractivity contribution in [2.45, 2.75) is 32.6 Å². The normalized spacial score (nSPS) is 12.8. The van der Waals surface area contributed by atoms with Gasteiger partial charge in [-0.1, -0.05) is 0 Å². The summed E-state index contributed by atoms with van der Waals surface area (Å²) in [6.07, 6.45) is 3.74. The predicted octanol–water partition coefficient (Wildman–Crippen LogP) is 4.66. The summed E-state index contributed by atoms with van der Waals surface area (Å²) in [4.78, 5) is 24.0. The molecule has 0 amide bonds. The third-order valence-electron chi connectivity index (χ3n) is 4.28. The number of benzene rings is 1. The van der Waals surface area contributed by atoms with Crippen LogP contribution in [-0.4, -0.2) is 22.6 Å². The quantitative estimate of drug-likeness (QED) is 0.313. The molecule has 1 heterocycles. The molecule has 0 unspecified atom stereocenters. The number of halogens is 1. The third-order valence-corrected chi connectivity index (χ3v) is 5.69. The van der Waals surface area contributed by atoms with Crippen molar-refractivity contribution in [3.63, 3.8) is 0 Å². The molecule has 0 radical (unpaired) electrons. The minimum absolute atomic E-state index is 0.0582. The minimum Gasteiger partial charge on any atom is -0.462 e. The summed E-state index contributed by atoms with van der Waals surface area (Å²) in [5.41, 5.74) is 1.08. The Kier molecular flexibility index (Phi) is 6.20. The van der Waals surface area contributed by atoms with Crippen LogP contribution in [0.25, 0.3) is 0 Å². The second-order valence-corrected chi connectivity index (χ2v) is 7.65. The summed E-state index contributed by atoms with van der Waals surface area (Å²) in [6.45, 7) is 2.00. The molecule has 1 aromatic carbocycles. The second-order valence-electron chi connectivity index (χ2n) is 6.13. The molecule has 0 aliphatic heterocycles. The molecule has 10 heteroatoms. The molecule has 0 spiro atoms. The molecule has 0 fully saturated rings. The highest BCUT2D eigenvalue weighted by molar-refractivity contribution is 7.80. The number of thiocarbonyl (C=S) groups is 1. The summed E-state index contributed by atoms with van der Waals surface area (Å²) in [7, 11) is 0. The topological polar surface area (TPSA) is 93.5 Å². The highest BCUT2D eigenvalue weighted by atomic mass is 32.1. The lowest BCUT2D eigenvalue weighted by molar-refractivity contribution is -0.384. The Morgan fingerprint density at radius 2 is 2.11 bits per heavy atom. The molecule has 1 aliphatic carbocycles. The standard InChI is InChI=1S/C18H18FN3O4S2/c1-2-26-17(23)15-11-5-3-4-6-14(11)28-16(15)21-18(27)20-12-8-7-10(19)9-13(12)22(24)25/h7-9H,2-6H2,1H3,(H2,20,21,27). The number of carbonyl (C=O) groups excluding carboxylic acids is 1. The number of carbonyl (C=O) groups is 1. The smallest absolute Gasteiger partial charge is 0.341 e. The first-order valence-corrected chi connectivity index (χ1v) is 9.96. The van der Waals surface area contributed by atoms with Gasteiger partial charge in [0.25, 0.3) is 5.69 Å². The minimum atomic E-state index is -0.716. The van der Waals surface area contributed by atoms with Crippen LogP contribution < -0.4 is 10.6 Å². The zero-order valence-electron chi connectivity index (χ0n) is 15.0. The first-order valence-electron chi connectivity index (χ1n) is 8.74. The van der Waals surface area contributed by atoms with Gasteiger partial charge in [-0.25, -0.2) is 9.18 Å². The average molecular weight is 423 g/mol. The van der Waals surface area contributed by atoms with Gasteiger partial charge in [0.05, 0.1) is 23.2 Å². The van der Waals surface area contributed by atoms with E-state index in [1.807, 2.05) is 0 Å². The van der Waals surface area contributed by atoms with Crippen molar-refractivity contribution < 1.29 is 18.8 Å². The van der Waals surface area contributed by atoms with Crippen molar-refractivity contribution in [3.05, 3.63) is 50.1 Å². The number of nitrogens with one attached hydrogen (secondary N) is 2. The zero-order valence-corrected chi connectivity index (χ0v) is 16.7. The van der Waals surface area contributed by atoms with Crippen LogP contribution in [0.5, 0.6) is 0 Å². The molecule has 2 N–H and O–H groups in total. The maximum Gasteiger partial charge on any atom is 0.341 e. The van der Waals surface area contributed by atoms with Crippen molar-refractivity contribution in [2.24, 2.45) is 0 Å². The average Bonchev–Trinajstić information content (AvgIpc) is 3.00. The number of hydrogen-bond donors (Lipinski definition) is 2. The number of esters is 1. The van der Waals surface area contributed by atoms with E-state index in [1.165, 1.54) is 17.4 Å². The van der Waals surface area contributed by atoms with E-state index in [2.05, 4.69) is 10.6 Å². The van der Waals surface area contributed by atoms with E-state index in [9.17, 15) is 19.3 Å². The zero-order chi connectivity index (χ0) is 20.3. The number of nitro groups is 1. The molecule has 0 bridgehead atoms. The number of nitrogens with zero attached hydrogens (tertiary/aromatic N) is 1. The van der Waals surface area contributed by atoms with Gasteiger partial charge in [0, 0.05) is 4.88 Å². The van der Waals surface area contributed by atoms with E-state index in [0.717, 1.165) is 48.3 Å². The first-order chi connectivity index (χ1) is 13.4. The Morgan fingerprint density at radius 1 is 1.36 bits per heavy atom. The largest absolute Gasteiger partial charge is 0.462 e.